The van der Waals surface area contributed by atoms with Crippen molar-refractivity contribution in [2.75, 3.05) is 13.1 Å². The van der Waals surface area contributed by atoms with Gasteiger partial charge in [0.25, 0.3) is 0 Å². The molecule has 2 nitrogen and oxygen atoms in total. The molecule has 0 aliphatic carbocycles. The lowest BCUT2D eigenvalue weighted by atomic mass is 9.92. The second-order valence-corrected chi connectivity index (χ2v) is 11.2. The monoisotopic (exact) mass is 445 g/mol. The number of benzene rings is 3. The van der Waals surface area contributed by atoms with Crippen LogP contribution in [-0.4, -0.2) is 23.1 Å². The van der Waals surface area contributed by atoms with Gasteiger partial charge in [-0.3, -0.25) is 4.90 Å². The molecule has 0 amide bonds. The summed E-state index contributed by atoms with van der Waals surface area (Å²) >= 11 is 0. The maximum atomic E-state index is 11.3. The Balaban J connectivity index is 1.60. The zero-order valence-corrected chi connectivity index (χ0v) is 20.5. The molecule has 1 N–H and O–H groups in total. The highest BCUT2D eigenvalue weighted by atomic mass is 31.1. The molecule has 0 aromatic heterocycles. The van der Waals surface area contributed by atoms with E-state index in [2.05, 4.69) is 85.5 Å². The number of hydrogen-bond donors (Lipinski definition) is 1. The number of likely N-dealkylation sites (tertiary alicyclic amines) is 1. The summed E-state index contributed by atoms with van der Waals surface area (Å²) in [5, 5.41) is 12.7. The second kappa shape index (κ2) is 10.6. The number of piperidine rings is 1. The Morgan fingerprint density at radius 2 is 1.53 bits per heavy atom. The van der Waals surface area contributed by atoms with Crippen LogP contribution in [0.15, 0.2) is 72.8 Å². The van der Waals surface area contributed by atoms with Gasteiger partial charge in [-0.1, -0.05) is 102 Å². The van der Waals surface area contributed by atoms with E-state index in [4.69, 9.17) is 0 Å². The molecule has 0 spiro atoms. The minimum absolute atomic E-state index is 0.0885. The van der Waals surface area contributed by atoms with E-state index in [1.54, 1.807) is 0 Å². The van der Waals surface area contributed by atoms with Gasteiger partial charge in [-0.15, -0.1) is 0 Å². The van der Waals surface area contributed by atoms with E-state index >= 15 is 0 Å². The Morgan fingerprint density at radius 1 is 0.844 bits per heavy atom. The summed E-state index contributed by atoms with van der Waals surface area (Å²) in [6, 6.07) is 25.7. The van der Waals surface area contributed by atoms with Crippen LogP contribution in [0.1, 0.15) is 61.8 Å². The van der Waals surface area contributed by atoms with Crippen molar-refractivity contribution in [3.05, 3.63) is 95.1 Å². The summed E-state index contributed by atoms with van der Waals surface area (Å²) in [6.07, 6.45) is 5.76. The molecule has 32 heavy (non-hydrogen) atoms. The molecule has 3 aromatic rings. The maximum Gasteiger partial charge on any atom is 0.123 e. The first-order valence-corrected chi connectivity index (χ1v) is 13.0. The quantitative estimate of drug-likeness (QED) is 0.395. The molecule has 4 rings (SSSR count). The fourth-order valence-electron chi connectivity index (χ4n) is 4.78. The summed E-state index contributed by atoms with van der Waals surface area (Å²) in [6.45, 7) is 8.05. The molecule has 3 aromatic carbocycles. The molecule has 0 bridgehead atoms. The molecule has 2 unspecified atom stereocenters. The minimum Gasteiger partial charge on any atom is -0.507 e. The third-order valence-corrected chi connectivity index (χ3v) is 8.86. The predicted molar refractivity (Wildman–Crippen MR) is 139 cm³/mol. The van der Waals surface area contributed by atoms with Crippen LogP contribution < -0.4 is 5.30 Å². The number of rotatable bonds is 8. The largest absolute Gasteiger partial charge is 0.507 e. The normalized spacial score (nSPS) is 16.9. The second-order valence-electron chi connectivity index (χ2n) is 9.28. The SMILES string of the molecule is CCC(C)(Pc1ccccc1CN1CCCCC1)c1cccc(Cc2ccccc2)c1O. The van der Waals surface area contributed by atoms with E-state index in [9.17, 15) is 5.11 Å². The van der Waals surface area contributed by atoms with E-state index in [1.807, 2.05) is 6.07 Å². The van der Waals surface area contributed by atoms with Gasteiger partial charge in [0.2, 0.25) is 0 Å². The number of para-hydroxylation sites is 1. The maximum absolute atomic E-state index is 11.3. The van der Waals surface area contributed by atoms with Crippen molar-refractivity contribution in [3.8, 4) is 5.75 Å². The third kappa shape index (κ3) is 5.42. The van der Waals surface area contributed by atoms with E-state index in [1.165, 1.54) is 48.8 Å². The van der Waals surface area contributed by atoms with Gasteiger partial charge in [-0.05, 0) is 54.3 Å². The molecule has 1 aliphatic rings. The Kier molecular flexibility index (Phi) is 7.66. The van der Waals surface area contributed by atoms with Gasteiger partial charge in [-0.2, -0.15) is 0 Å². The highest BCUT2D eigenvalue weighted by Gasteiger charge is 2.30. The van der Waals surface area contributed by atoms with Crippen molar-refractivity contribution >= 4 is 13.9 Å². The molecular weight excluding hydrogens is 409 g/mol. The van der Waals surface area contributed by atoms with Gasteiger partial charge in [0.1, 0.15) is 5.75 Å². The fraction of sp³-hybridized carbons (Fsp3) is 0.379. The summed E-state index contributed by atoms with van der Waals surface area (Å²) in [7, 11) is 0.620. The van der Waals surface area contributed by atoms with Crippen LogP contribution in [0.3, 0.4) is 0 Å². The van der Waals surface area contributed by atoms with Crippen molar-refractivity contribution < 1.29 is 5.11 Å². The van der Waals surface area contributed by atoms with Gasteiger partial charge in [0, 0.05) is 23.7 Å². The summed E-state index contributed by atoms with van der Waals surface area (Å²) < 4.78 is 0. The lowest BCUT2D eigenvalue weighted by Crippen LogP contribution is -2.31. The molecule has 1 fully saturated rings. The summed E-state index contributed by atoms with van der Waals surface area (Å²) in [4.78, 5) is 2.61. The van der Waals surface area contributed by atoms with Gasteiger partial charge in [0.05, 0.1) is 0 Å². The van der Waals surface area contributed by atoms with Crippen molar-refractivity contribution in [2.24, 2.45) is 0 Å². The Labute approximate surface area is 195 Å². The van der Waals surface area contributed by atoms with Crippen LogP contribution >= 0.6 is 8.58 Å². The number of hydrogen-bond acceptors (Lipinski definition) is 2. The lowest BCUT2D eigenvalue weighted by molar-refractivity contribution is 0.221. The van der Waals surface area contributed by atoms with Crippen LogP contribution in [0.4, 0.5) is 0 Å². The fourth-order valence-corrected chi connectivity index (χ4v) is 6.39. The van der Waals surface area contributed by atoms with Crippen molar-refractivity contribution in [2.45, 2.75) is 57.7 Å². The van der Waals surface area contributed by atoms with E-state index < -0.39 is 0 Å². The third-order valence-electron chi connectivity index (χ3n) is 6.93. The predicted octanol–water partition coefficient (Wildman–Crippen LogP) is 6.60. The van der Waals surface area contributed by atoms with Crippen molar-refractivity contribution in [1.82, 2.24) is 4.90 Å². The molecule has 3 heteroatoms. The number of aromatic hydroxyl groups is 1. The summed E-state index contributed by atoms with van der Waals surface area (Å²) in [5.74, 6) is 0.474. The molecule has 0 radical (unpaired) electrons. The highest BCUT2D eigenvalue weighted by Crippen LogP contribution is 2.48. The zero-order chi connectivity index (χ0) is 22.4. The van der Waals surface area contributed by atoms with Crippen LogP contribution in [-0.2, 0) is 18.1 Å². The number of phenols is 1. The first kappa shape index (κ1) is 23.0. The Hall–Kier alpha value is -2.15. The lowest BCUT2D eigenvalue weighted by Gasteiger charge is -2.32. The highest BCUT2D eigenvalue weighted by molar-refractivity contribution is 7.48. The minimum atomic E-state index is -0.0885. The van der Waals surface area contributed by atoms with E-state index in [0.717, 1.165) is 30.5 Å². The number of nitrogens with zero attached hydrogens (tertiary/aromatic N) is 1. The van der Waals surface area contributed by atoms with Gasteiger partial charge in [-0.25, -0.2) is 0 Å². The van der Waals surface area contributed by atoms with Crippen LogP contribution in [0, 0.1) is 0 Å². The smallest absolute Gasteiger partial charge is 0.123 e. The molecule has 168 valence electrons. The molecular formula is C29H36NOP. The standard InChI is InChI=1S/C29H36NOP/c1-3-29(2,26-17-12-16-24(28(26)31)21-23-13-6-4-7-14-23)32-27-18-9-8-15-25(27)22-30-19-10-5-11-20-30/h4,6-9,12-18,31-32H,3,5,10-11,19-22H2,1-2H3. The Bertz CT molecular complexity index is 1010. The van der Waals surface area contributed by atoms with Crippen molar-refractivity contribution in [3.63, 3.8) is 0 Å². The molecule has 1 heterocycles. The topological polar surface area (TPSA) is 23.5 Å². The van der Waals surface area contributed by atoms with Crippen molar-refractivity contribution in [1.29, 1.82) is 0 Å². The number of phenolic OH excluding ortho intramolecular Hbond substituents is 1. The average molecular weight is 446 g/mol. The first-order valence-electron chi connectivity index (χ1n) is 12.0. The van der Waals surface area contributed by atoms with Gasteiger partial charge < -0.3 is 5.11 Å². The van der Waals surface area contributed by atoms with Gasteiger partial charge in [0.15, 0.2) is 0 Å². The molecule has 0 saturated carbocycles. The van der Waals surface area contributed by atoms with Crippen LogP contribution in [0.2, 0.25) is 0 Å². The molecule has 1 aliphatic heterocycles. The average Bonchev–Trinajstić information content (AvgIpc) is 2.83. The molecule has 2 atom stereocenters. The van der Waals surface area contributed by atoms with Crippen LogP contribution in [0.5, 0.6) is 5.75 Å². The molecule has 1 saturated heterocycles. The summed E-state index contributed by atoms with van der Waals surface area (Å²) in [5.41, 5.74) is 4.78. The van der Waals surface area contributed by atoms with E-state index in [-0.39, 0.29) is 5.16 Å². The van der Waals surface area contributed by atoms with Gasteiger partial charge >= 0.3 is 0 Å². The van der Waals surface area contributed by atoms with E-state index in [0.29, 0.717) is 14.3 Å². The zero-order valence-electron chi connectivity index (χ0n) is 19.5. The first-order chi connectivity index (χ1) is 15.6. The van der Waals surface area contributed by atoms with Crippen LogP contribution in [0.25, 0.3) is 0 Å². The Morgan fingerprint density at radius 3 is 2.28 bits per heavy atom.